The first-order valence-electron chi connectivity index (χ1n) is 6.09. The van der Waals surface area contributed by atoms with Gasteiger partial charge in [0.2, 0.25) is 0 Å². The molecule has 2 heterocycles. The second-order valence-electron chi connectivity index (χ2n) is 4.05. The van der Waals surface area contributed by atoms with Crippen LogP contribution in [0.25, 0.3) is 21.0 Å². The molecule has 1 amide bonds. The van der Waals surface area contributed by atoms with Crippen LogP contribution in [0.3, 0.4) is 0 Å². The van der Waals surface area contributed by atoms with Gasteiger partial charge in [0.05, 0.1) is 23.5 Å². The van der Waals surface area contributed by atoms with Crippen molar-refractivity contribution >= 4 is 33.9 Å². The number of nitrogens with one attached hydrogen (secondary N) is 1. The third-order valence-corrected chi connectivity index (χ3v) is 3.72. The molecule has 0 saturated carbocycles. The lowest BCUT2D eigenvalue weighted by molar-refractivity contribution is 0.171. The van der Waals surface area contributed by atoms with Gasteiger partial charge in [-0.25, -0.2) is 15.2 Å². The minimum Gasteiger partial charge on any atom is -0.453 e. The summed E-state index contributed by atoms with van der Waals surface area (Å²) in [5.74, 6) is 1.18. The maximum atomic E-state index is 10.8. The largest absolute Gasteiger partial charge is 0.453 e. The smallest absolute Gasteiger partial charge is 0.427 e. The van der Waals surface area contributed by atoms with Gasteiger partial charge >= 0.3 is 6.09 Å². The summed E-state index contributed by atoms with van der Waals surface area (Å²) in [6, 6.07) is 11.5. The molecule has 0 aliphatic carbocycles. The summed E-state index contributed by atoms with van der Waals surface area (Å²) in [5, 5.41) is 4.50. The first-order chi connectivity index (χ1) is 10.3. The molecule has 6 nitrogen and oxygen atoms in total. The van der Waals surface area contributed by atoms with Crippen LogP contribution in [0.1, 0.15) is 5.76 Å². The van der Waals surface area contributed by atoms with Crippen LogP contribution in [0.2, 0.25) is 0 Å². The Kier molecular flexibility index (Phi) is 3.65. The molecule has 0 spiro atoms. The minimum absolute atomic E-state index is 0.514. The van der Waals surface area contributed by atoms with E-state index >= 15 is 0 Å². The van der Waals surface area contributed by atoms with Crippen molar-refractivity contribution in [3.8, 4) is 10.8 Å². The third-order valence-electron chi connectivity index (χ3n) is 2.66. The van der Waals surface area contributed by atoms with Crippen LogP contribution in [-0.4, -0.2) is 24.4 Å². The number of hydrogen-bond acceptors (Lipinski definition) is 6. The van der Waals surface area contributed by atoms with Gasteiger partial charge in [0, 0.05) is 0 Å². The van der Waals surface area contributed by atoms with Crippen molar-refractivity contribution in [1.82, 2.24) is 10.4 Å². The van der Waals surface area contributed by atoms with Crippen molar-refractivity contribution in [2.45, 2.75) is 0 Å². The molecule has 0 unspecified atom stereocenters. The van der Waals surface area contributed by atoms with E-state index in [0.717, 1.165) is 15.2 Å². The molecule has 0 saturated heterocycles. The molecule has 0 fully saturated rings. The van der Waals surface area contributed by atoms with E-state index in [9.17, 15) is 4.79 Å². The lowest BCUT2D eigenvalue weighted by Gasteiger charge is -1.93. The topological polar surface area (TPSA) is 76.7 Å². The van der Waals surface area contributed by atoms with Crippen molar-refractivity contribution in [2.24, 2.45) is 5.10 Å². The number of rotatable bonds is 3. The number of amides is 1. The number of hydrazone groups is 1. The quantitative estimate of drug-likeness (QED) is 0.595. The molecule has 106 valence electrons. The maximum Gasteiger partial charge on any atom is 0.427 e. The normalized spacial score (nSPS) is 11.1. The molecule has 21 heavy (non-hydrogen) atoms. The number of para-hydroxylation sites is 1. The van der Waals surface area contributed by atoms with E-state index in [1.54, 1.807) is 17.4 Å². The van der Waals surface area contributed by atoms with Gasteiger partial charge in [0.1, 0.15) is 5.76 Å². The molecule has 2 aromatic heterocycles. The summed E-state index contributed by atoms with van der Waals surface area (Å²) in [5.41, 5.74) is 3.13. The van der Waals surface area contributed by atoms with Gasteiger partial charge in [-0.1, -0.05) is 12.1 Å². The summed E-state index contributed by atoms with van der Waals surface area (Å²) in [6.45, 7) is 0. The van der Waals surface area contributed by atoms with Gasteiger partial charge < -0.3 is 9.15 Å². The van der Waals surface area contributed by atoms with E-state index in [2.05, 4.69) is 20.2 Å². The molecule has 1 aromatic carbocycles. The molecule has 0 bridgehead atoms. The predicted molar refractivity (Wildman–Crippen MR) is 80.5 cm³/mol. The molecule has 0 aliphatic heterocycles. The molecule has 1 N–H and O–H groups in total. The van der Waals surface area contributed by atoms with Gasteiger partial charge in [-0.15, -0.1) is 11.3 Å². The number of ether oxygens (including phenoxy) is 1. The SMILES string of the molecule is COC(=O)N/N=C\c1ccc(-c2nc3ccccc3s2)o1. The molecular weight excluding hydrogens is 290 g/mol. The highest BCUT2D eigenvalue weighted by Crippen LogP contribution is 2.30. The number of thiazole rings is 1. The fourth-order valence-corrected chi connectivity index (χ4v) is 2.64. The number of carbonyl (C=O) groups is 1. The Morgan fingerprint density at radius 3 is 3.05 bits per heavy atom. The number of carbonyl (C=O) groups excluding carboxylic acids is 1. The second kappa shape index (κ2) is 5.76. The number of fused-ring (bicyclic) bond motifs is 1. The molecule has 0 aliphatic rings. The Hall–Kier alpha value is -2.67. The lowest BCUT2D eigenvalue weighted by Crippen LogP contribution is -2.16. The summed E-state index contributed by atoms with van der Waals surface area (Å²) < 4.78 is 11.1. The second-order valence-corrected chi connectivity index (χ2v) is 5.08. The van der Waals surface area contributed by atoms with E-state index in [-0.39, 0.29) is 0 Å². The lowest BCUT2D eigenvalue weighted by atomic mass is 10.3. The summed E-state index contributed by atoms with van der Waals surface area (Å²) in [6.07, 6.45) is 0.762. The summed E-state index contributed by atoms with van der Waals surface area (Å²) >= 11 is 1.56. The van der Waals surface area contributed by atoms with Gasteiger partial charge in [0.15, 0.2) is 10.8 Å². The summed E-state index contributed by atoms with van der Waals surface area (Å²) in [4.78, 5) is 15.4. The zero-order valence-electron chi connectivity index (χ0n) is 11.1. The molecular formula is C14H11N3O3S. The first-order valence-corrected chi connectivity index (χ1v) is 6.91. The van der Waals surface area contributed by atoms with Crippen LogP contribution in [0.15, 0.2) is 45.9 Å². The van der Waals surface area contributed by atoms with Crippen molar-refractivity contribution in [3.63, 3.8) is 0 Å². The van der Waals surface area contributed by atoms with Gasteiger partial charge in [-0.2, -0.15) is 5.10 Å². The fraction of sp³-hybridized carbons (Fsp3) is 0.0714. The fourth-order valence-electron chi connectivity index (χ4n) is 1.71. The number of aromatic nitrogens is 1. The number of methoxy groups -OCH3 is 1. The zero-order valence-corrected chi connectivity index (χ0v) is 11.9. The highest BCUT2D eigenvalue weighted by molar-refractivity contribution is 7.21. The van der Waals surface area contributed by atoms with Crippen molar-refractivity contribution in [3.05, 3.63) is 42.2 Å². The average Bonchev–Trinajstić information content (AvgIpc) is 3.13. The Labute approximate surface area is 124 Å². The van der Waals surface area contributed by atoms with Crippen LogP contribution in [0.5, 0.6) is 0 Å². The monoisotopic (exact) mass is 301 g/mol. The van der Waals surface area contributed by atoms with Crippen LogP contribution >= 0.6 is 11.3 Å². The molecule has 0 radical (unpaired) electrons. The van der Waals surface area contributed by atoms with Crippen LogP contribution in [0.4, 0.5) is 4.79 Å². The van der Waals surface area contributed by atoms with Gasteiger partial charge in [-0.3, -0.25) is 0 Å². The Morgan fingerprint density at radius 2 is 2.24 bits per heavy atom. The Balaban J connectivity index is 1.79. The number of furan rings is 1. The number of benzene rings is 1. The van der Waals surface area contributed by atoms with Crippen molar-refractivity contribution in [2.75, 3.05) is 7.11 Å². The standard InChI is InChI=1S/C14H11N3O3S/c1-19-14(18)17-15-8-9-6-7-11(20-9)13-16-10-4-2-3-5-12(10)21-13/h2-8H,1H3,(H,17,18)/b15-8-. The predicted octanol–water partition coefficient (Wildman–Crippen LogP) is 3.25. The van der Waals surface area contributed by atoms with Crippen LogP contribution in [-0.2, 0) is 4.74 Å². The van der Waals surface area contributed by atoms with Crippen LogP contribution in [0, 0.1) is 0 Å². The first kappa shape index (κ1) is 13.3. The maximum absolute atomic E-state index is 10.8. The van der Waals surface area contributed by atoms with Gasteiger partial charge in [0.25, 0.3) is 0 Å². The molecule has 7 heteroatoms. The highest BCUT2D eigenvalue weighted by atomic mass is 32.1. The minimum atomic E-state index is -0.635. The molecule has 3 rings (SSSR count). The molecule has 3 aromatic rings. The number of hydrogen-bond donors (Lipinski definition) is 1. The summed E-state index contributed by atoms with van der Waals surface area (Å²) in [7, 11) is 1.27. The Morgan fingerprint density at radius 1 is 1.38 bits per heavy atom. The van der Waals surface area contributed by atoms with Crippen LogP contribution < -0.4 is 5.43 Å². The number of nitrogens with zero attached hydrogens (tertiary/aromatic N) is 2. The van der Waals surface area contributed by atoms with E-state index in [1.165, 1.54) is 13.3 Å². The van der Waals surface area contributed by atoms with E-state index in [1.807, 2.05) is 30.3 Å². The Bertz CT molecular complexity index is 774. The average molecular weight is 301 g/mol. The van der Waals surface area contributed by atoms with E-state index in [4.69, 9.17) is 4.42 Å². The van der Waals surface area contributed by atoms with Crippen molar-refractivity contribution < 1.29 is 13.9 Å². The van der Waals surface area contributed by atoms with E-state index < -0.39 is 6.09 Å². The van der Waals surface area contributed by atoms with Crippen molar-refractivity contribution in [1.29, 1.82) is 0 Å². The van der Waals surface area contributed by atoms with Gasteiger partial charge in [-0.05, 0) is 24.3 Å². The third kappa shape index (κ3) is 2.92. The molecule has 0 atom stereocenters. The highest BCUT2D eigenvalue weighted by Gasteiger charge is 2.09. The zero-order chi connectivity index (χ0) is 14.7. The van der Waals surface area contributed by atoms with E-state index in [0.29, 0.717) is 11.5 Å².